The second-order valence-corrected chi connectivity index (χ2v) is 8.61. The molecule has 0 saturated heterocycles. The first-order valence-corrected chi connectivity index (χ1v) is 10.7. The minimum atomic E-state index is -0.577. The summed E-state index contributed by atoms with van der Waals surface area (Å²) < 4.78 is 0. The van der Waals surface area contributed by atoms with E-state index < -0.39 is 5.60 Å². The fourth-order valence-corrected chi connectivity index (χ4v) is 4.35. The molecule has 154 valence electrons. The van der Waals surface area contributed by atoms with Gasteiger partial charge in [0.25, 0.3) is 0 Å². The third-order valence-electron chi connectivity index (χ3n) is 6.03. The van der Waals surface area contributed by atoms with Crippen LogP contribution in [-0.2, 0) is 13.0 Å². The Morgan fingerprint density at radius 1 is 1.13 bits per heavy atom. The molecule has 0 radical (unpaired) electrons. The normalized spacial score (nSPS) is 15.3. The monoisotopic (exact) mass is 420 g/mol. The summed E-state index contributed by atoms with van der Waals surface area (Å²) in [6, 6.07) is 11.6. The number of nitrogens with one attached hydrogen (secondary N) is 1. The largest absolute Gasteiger partial charge is 0.390 e. The lowest BCUT2D eigenvalue weighted by atomic mass is 9.94. The number of anilines is 1. The predicted molar refractivity (Wildman–Crippen MR) is 121 cm³/mol. The fourth-order valence-electron chi connectivity index (χ4n) is 4.15. The molecule has 30 heavy (non-hydrogen) atoms. The summed E-state index contributed by atoms with van der Waals surface area (Å²) in [5.41, 5.74) is 2.95. The molecule has 1 fully saturated rings. The van der Waals surface area contributed by atoms with E-state index in [9.17, 15) is 5.11 Å². The second-order valence-electron chi connectivity index (χ2n) is 8.21. The predicted octanol–water partition coefficient (Wildman–Crippen LogP) is 5.99. The molecule has 6 heteroatoms. The summed E-state index contributed by atoms with van der Waals surface area (Å²) in [7, 11) is 0. The number of aryl methyl sites for hydroxylation is 2. The highest BCUT2D eigenvalue weighted by Crippen LogP contribution is 2.35. The molecular weight excluding hydrogens is 396 g/mol. The number of aromatic nitrogens is 2. The van der Waals surface area contributed by atoms with Crippen LogP contribution in [0.2, 0.25) is 5.02 Å². The Morgan fingerprint density at radius 3 is 2.67 bits per heavy atom. The summed E-state index contributed by atoms with van der Waals surface area (Å²) in [6.45, 7) is 9.90. The van der Waals surface area contributed by atoms with Crippen molar-refractivity contribution in [2.45, 2.75) is 57.6 Å². The first-order chi connectivity index (χ1) is 14.5. The average Bonchev–Trinajstić information content (AvgIpc) is 3.19. The van der Waals surface area contributed by atoms with Crippen LogP contribution < -0.4 is 5.32 Å². The van der Waals surface area contributed by atoms with Gasteiger partial charge < -0.3 is 10.4 Å². The van der Waals surface area contributed by atoms with Gasteiger partial charge >= 0.3 is 0 Å². The Hall–Kier alpha value is -2.68. The van der Waals surface area contributed by atoms with Gasteiger partial charge in [-0.25, -0.2) is 4.85 Å². The van der Waals surface area contributed by atoms with E-state index in [1.165, 1.54) is 0 Å². The zero-order chi connectivity index (χ0) is 21.1. The molecule has 0 bridgehead atoms. The average molecular weight is 421 g/mol. The molecule has 5 nitrogen and oxygen atoms in total. The third-order valence-corrected chi connectivity index (χ3v) is 6.43. The van der Waals surface area contributed by atoms with Crippen LogP contribution in [0.4, 0.5) is 11.5 Å². The van der Waals surface area contributed by atoms with Gasteiger partial charge in [-0.2, -0.15) is 5.10 Å². The highest BCUT2D eigenvalue weighted by atomic mass is 35.5. The molecule has 4 rings (SSSR count). The molecule has 2 aromatic carbocycles. The van der Waals surface area contributed by atoms with E-state index in [0.29, 0.717) is 30.9 Å². The number of hydrogen-bond donors (Lipinski definition) is 2. The summed E-state index contributed by atoms with van der Waals surface area (Å²) in [5, 5.41) is 25.5. The maximum atomic E-state index is 10.7. The molecule has 1 aliphatic rings. The van der Waals surface area contributed by atoms with E-state index >= 15 is 0 Å². The van der Waals surface area contributed by atoms with E-state index in [1.807, 2.05) is 43.3 Å². The van der Waals surface area contributed by atoms with Crippen LogP contribution in [0, 0.1) is 13.5 Å². The summed E-state index contributed by atoms with van der Waals surface area (Å²) in [6.07, 6.45) is 5.26. The highest BCUT2D eigenvalue weighted by molar-refractivity contribution is 6.31. The smallest absolute Gasteiger partial charge is 0.188 e. The summed E-state index contributed by atoms with van der Waals surface area (Å²) >= 11 is 6.24. The quantitative estimate of drug-likeness (QED) is 0.480. The van der Waals surface area contributed by atoms with Crippen LogP contribution in [0.25, 0.3) is 15.6 Å². The van der Waals surface area contributed by atoms with E-state index in [4.69, 9.17) is 18.2 Å². The minimum absolute atomic E-state index is 0.561. The molecule has 0 amide bonds. The lowest BCUT2D eigenvalue weighted by Crippen LogP contribution is -2.24. The summed E-state index contributed by atoms with van der Waals surface area (Å²) in [4.78, 5) is 3.57. The number of fused-ring (bicyclic) bond motifs is 1. The van der Waals surface area contributed by atoms with E-state index in [1.54, 1.807) is 0 Å². The van der Waals surface area contributed by atoms with Gasteiger partial charge in [-0.15, -0.1) is 5.10 Å². The lowest BCUT2D eigenvalue weighted by Gasteiger charge is -2.22. The number of aliphatic hydroxyl groups is 1. The van der Waals surface area contributed by atoms with Gasteiger partial charge in [0.2, 0.25) is 0 Å². The second kappa shape index (κ2) is 8.59. The van der Waals surface area contributed by atoms with Crippen molar-refractivity contribution in [3.8, 4) is 0 Å². The van der Waals surface area contributed by atoms with Gasteiger partial charge in [0, 0.05) is 22.3 Å². The molecule has 0 spiro atoms. The zero-order valence-corrected chi connectivity index (χ0v) is 17.8. The third kappa shape index (κ3) is 4.40. The molecule has 1 heterocycles. The van der Waals surface area contributed by atoms with Crippen molar-refractivity contribution in [3.05, 3.63) is 69.7 Å². The number of hydrogen-bond acceptors (Lipinski definition) is 4. The lowest BCUT2D eigenvalue weighted by molar-refractivity contribution is 0.0389. The standard InChI is InChI=1S/C24H25ClN4O/c1-16-5-6-17(13-21(16)25)15-27-23-20-14-18(26-2)7-8-19(20)22(28-29-23)9-12-24(30)10-3-4-11-24/h5-8,13-14,30H,3-4,9-12,15H2,1H3,(H,27,29). The van der Waals surface area contributed by atoms with Crippen molar-refractivity contribution < 1.29 is 5.11 Å². The van der Waals surface area contributed by atoms with Crippen molar-refractivity contribution in [1.29, 1.82) is 0 Å². The van der Waals surface area contributed by atoms with Gasteiger partial charge in [0.1, 0.15) is 0 Å². The van der Waals surface area contributed by atoms with Crippen LogP contribution in [-0.4, -0.2) is 20.9 Å². The number of benzene rings is 2. The van der Waals surface area contributed by atoms with Crippen LogP contribution in [0.3, 0.4) is 0 Å². The first kappa shape index (κ1) is 20.6. The summed E-state index contributed by atoms with van der Waals surface area (Å²) in [5.74, 6) is 0.649. The molecule has 1 aliphatic carbocycles. The Labute approximate surface area is 181 Å². The van der Waals surface area contributed by atoms with Crippen molar-refractivity contribution in [2.75, 3.05) is 5.32 Å². The molecule has 3 aromatic rings. The van der Waals surface area contributed by atoms with Crippen molar-refractivity contribution >= 4 is 33.9 Å². The van der Waals surface area contributed by atoms with Crippen LogP contribution in [0.5, 0.6) is 0 Å². The SMILES string of the molecule is [C-]#[N+]c1ccc2c(CCC3(O)CCCC3)nnc(NCc3ccc(C)c(Cl)c3)c2c1. The molecule has 0 unspecified atom stereocenters. The molecular formula is C24H25ClN4O. The fraction of sp³-hybridized carbons (Fsp3) is 0.375. The first-order valence-electron chi connectivity index (χ1n) is 10.4. The van der Waals surface area contributed by atoms with Crippen molar-refractivity contribution in [2.24, 2.45) is 0 Å². The Balaban J connectivity index is 1.61. The van der Waals surface area contributed by atoms with Gasteiger partial charge in [-0.05, 0) is 55.9 Å². The molecule has 0 aliphatic heterocycles. The van der Waals surface area contributed by atoms with E-state index in [2.05, 4.69) is 20.4 Å². The molecule has 1 aromatic heterocycles. The molecule has 2 N–H and O–H groups in total. The van der Waals surface area contributed by atoms with Crippen molar-refractivity contribution in [1.82, 2.24) is 10.2 Å². The van der Waals surface area contributed by atoms with Gasteiger partial charge in [-0.1, -0.05) is 48.7 Å². The number of rotatable bonds is 6. The zero-order valence-electron chi connectivity index (χ0n) is 17.1. The van der Waals surface area contributed by atoms with E-state index in [0.717, 1.165) is 58.3 Å². The van der Waals surface area contributed by atoms with Gasteiger partial charge in [0.15, 0.2) is 11.5 Å². The number of halogens is 1. The Bertz CT molecular complexity index is 1120. The van der Waals surface area contributed by atoms with Gasteiger partial charge in [0.05, 0.1) is 17.9 Å². The van der Waals surface area contributed by atoms with Crippen LogP contribution in [0.15, 0.2) is 36.4 Å². The van der Waals surface area contributed by atoms with Crippen molar-refractivity contribution in [3.63, 3.8) is 0 Å². The topological polar surface area (TPSA) is 62.4 Å². The maximum absolute atomic E-state index is 10.7. The van der Waals surface area contributed by atoms with Gasteiger partial charge in [-0.3, -0.25) is 0 Å². The minimum Gasteiger partial charge on any atom is -0.390 e. The number of nitrogens with zero attached hydrogens (tertiary/aromatic N) is 3. The molecule has 0 atom stereocenters. The van der Waals surface area contributed by atoms with Crippen LogP contribution in [0.1, 0.15) is 48.9 Å². The Kier molecular flexibility index (Phi) is 5.90. The van der Waals surface area contributed by atoms with E-state index in [-0.39, 0.29) is 0 Å². The highest BCUT2D eigenvalue weighted by Gasteiger charge is 2.30. The Morgan fingerprint density at radius 2 is 1.93 bits per heavy atom. The van der Waals surface area contributed by atoms with Crippen LogP contribution >= 0.6 is 11.6 Å². The molecule has 1 saturated carbocycles. The maximum Gasteiger partial charge on any atom is 0.188 e.